The van der Waals surface area contributed by atoms with Crippen molar-refractivity contribution < 1.29 is 4.79 Å². The van der Waals surface area contributed by atoms with Crippen molar-refractivity contribution in [2.75, 3.05) is 32.5 Å². The van der Waals surface area contributed by atoms with Gasteiger partial charge in [0.25, 0.3) is 0 Å². The highest BCUT2D eigenvalue weighted by Gasteiger charge is 2.12. The Morgan fingerprint density at radius 3 is 2.75 bits per heavy atom. The molecule has 0 fully saturated rings. The minimum absolute atomic E-state index is 0.0383. The van der Waals surface area contributed by atoms with Gasteiger partial charge >= 0.3 is 0 Å². The zero-order valence-electron chi connectivity index (χ0n) is 14.8. The van der Waals surface area contributed by atoms with E-state index in [1.807, 2.05) is 39.2 Å². The molecule has 0 saturated carbocycles. The Kier molecular flexibility index (Phi) is 6.45. The number of H-pyrrole nitrogens is 1. The van der Waals surface area contributed by atoms with Gasteiger partial charge in [0.05, 0.1) is 11.9 Å². The van der Waals surface area contributed by atoms with Gasteiger partial charge in [0, 0.05) is 42.9 Å². The molecule has 7 heteroatoms. The van der Waals surface area contributed by atoms with E-state index in [0.29, 0.717) is 5.82 Å². The van der Waals surface area contributed by atoms with Gasteiger partial charge in [-0.05, 0) is 26.2 Å². The third-order valence-electron chi connectivity index (χ3n) is 3.73. The average molecular weight is 330 g/mol. The number of rotatable bonds is 8. The predicted octanol–water partition coefficient (Wildman–Crippen LogP) is 1.72. The molecule has 7 nitrogen and oxygen atoms in total. The highest BCUT2D eigenvalue weighted by atomic mass is 16.1. The van der Waals surface area contributed by atoms with Crippen molar-refractivity contribution in [3.05, 3.63) is 30.1 Å². The van der Waals surface area contributed by atoms with E-state index in [1.165, 1.54) is 0 Å². The molecule has 0 unspecified atom stereocenters. The Morgan fingerprint density at radius 1 is 1.33 bits per heavy atom. The molecular weight excluding hydrogens is 304 g/mol. The van der Waals surface area contributed by atoms with Crippen molar-refractivity contribution in [2.45, 2.75) is 20.4 Å². The third-order valence-corrected chi connectivity index (χ3v) is 3.73. The smallest absolute Gasteiger partial charge is 0.228 e. The van der Waals surface area contributed by atoms with Gasteiger partial charge in [-0.25, -0.2) is 4.98 Å². The number of hydrogen-bond acceptors (Lipinski definition) is 5. The first-order valence-electron chi connectivity index (χ1n) is 8.14. The Bertz CT molecular complexity index is 649. The van der Waals surface area contributed by atoms with Crippen molar-refractivity contribution in [3.63, 3.8) is 0 Å². The molecule has 0 aromatic carbocycles. The lowest BCUT2D eigenvalue weighted by Gasteiger charge is -2.16. The summed E-state index contributed by atoms with van der Waals surface area (Å²) < 4.78 is 0. The maximum Gasteiger partial charge on any atom is 0.228 e. The molecule has 0 aliphatic carbocycles. The molecule has 0 saturated heterocycles. The molecular formula is C17H26N6O. The second-order valence-corrected chi connectivity index (χ2v) is 6.19. The van der Waals surface area contributed by atoms with Crippen LogP contribution in [0.15, 0.2) is 24.5 Å². The fourth-order valence-electron chi connectivity index (χ4n) is 2.24. The van der Waals surface area contributed by atoms with Crippen LogP contribution in [-0.2, 0) is 11.3 Å². The molecule has 3 N–H and O–H groups in total. The Morgan fingerprint density at radius 2 is 2.12 bits per heavy atom. The summed E-state index contributed by atoms with van der Waals surface area (Å²) in [6.45, 7) is 6.41. The number of hydrogen-bond donors (Lipinski definition) is 3. The fraction of sp³-hybridized carbons (Fsp3) is 0.471. The van der Waals surface area contributed by atoms with Crippen LogP contribution in [0.25, 0.3) is 11.3 Å². The lowest BCUT2D eigenvalue weighted by molar-refractivity contribution is -0.118. The quantitative estimate of drug-likeness (QED) is 0.686. The molecule has 2 heterocycles. The molecule has 130 valence electrons. The van der Waals surface area contributed by atoms with Crippen LogP contribution in [0.3, 0.4) is 0 Å². The Labute approximate surface area is 142 Å². The van der Waals surface area contributed by atoms with Crippen LogP contribution in [0.2, 0.25) is 0 Å². The van der Waals surface area contributed by atoms with Crippen molar-refractivity contribution in [2.24, 2.45) is 5.92 Å². The van der Waals surface area contributed by atoms with E-state index < -0.39 is 0 Å². The zero-order chi connectivity index (χ0) is 17.5. The second kappa shape index (κ2) is 8.56. The lowest BCUT2D eigenvalue weighted by Crippen LogP contribution is -2.27. The molecule has 0 atom stereocenters. The monoisotopic (exact) mass is 330 g/mol. The van der Waals surface area contributed by atoms with Crippen molar-refractivity contribution in [3.8, 4) is 11.3 Å². The number of pyridine rings is 1. The van der Waals surface area contributed by atoms with E-state index in [0.717, 1.165) is 36.5 Å². The Hall–Kier alpha value is -2.25. The molecule has 0 radical (unpaired) electrons. The minimum Gasteiger partial charge on any atom is -0.318 e. The van der Waals surface area contributed by atoms with Crippen molar-refractivity contribution >= 4 is 11.7 Å². The summed E-state index contributed by atoms with van der Waals surface area (Å²) in [5.41, 5.74) is 3.03. The van der Waals surface area contributed by atoms with Crippen molar-refractivity contribution in [1.29, 1.82) is 0 Å². The summed E-state index contributed by atoms with van der Waals surface area (Å²) in [7, 11) is 4.03. The normalized spacial score (nSPS) is 11.2. The summed E-state index contributed by atoms with van der Waals surface area (Å²) >= 11 is 0. The molecule has 0 spiro atoms. The lowest BCUT2D eigenvalue weighted by atomic mass is 10.1. The first-order valence-corrected chi connectivity index (χ1v) is 8.14. The van der Waals surface area contributed by atoms with Gasteiger partial charge < -0.3 is 15.5 Å². The second-order valence-electron chi connectivity index (χ2n) is 6.19. The number of likely N-dealkylation sites (N-methyl/N-ethyl adjacent to an activating group) is 2. The summed E-state index contributed by atoms with van der Waals surface area (Å²) in [4.78, 5) is 18.3. The molecule has 0 aliphatic rings. The number of nitrogens with one attached hydrogen (secondary N) is 3. The predicted molar refractivity (Wildman–Crippen MR) is 95.5 cm³/mol. The summed E-state index contributed by atoms with van der Waals surface area (Å²) in [5.74, 6) is 0.451. The number of amides is 1. The van der Waals surface area contributed by atoms with E-state index >= 15 is 0 Å². The van der Waals surface area contributed by atoms with Gasteiger partial charge in [0.1, 0.15) is 5.82 Å². The number of nitrogens with zero attached hydrogens (tertiary/aromatic N) is 3. The Balaban J connectivity index is 2.07. The van der Waals surface area contributed by atoms with Gasteiger partial charge in [0.2, 0.25) is 5.91 Å². The van der Waals surface area contributed by atoms with Gasteiger partial charge in [-0.1, -0.05) is 13.8 Å². The standard InChI is InChI=1S/C17H26N6O/c1-12(2)17(24)21-15-6-5-13(9-19-15)16-14(10-20-22-16)11-23(4)8-7-18-3/h5-6,9-10,12,18H,7-8,11H2,1-4H3,(H,20,22)(H,19,21,24). The number of carbonyl (C=O) groups excluding carboxylic acids is 1. The van der Waals surface area contributed by atoms with Gasteiger partial charge in [-0.15, -0.1) is 0 Å². The summed E-state index contributed by atoms with van der Waals surface area (Å²) in [6.07, 6.45) is 3.60. The highest BCUT2D eigenvalue weighted by Crippen LogP contribution is 2.22. The van der Waals surface area contributed by atoms with Crippen LogP contribution in [0, 0.1) is 5.92 Å². The molecule has 1 amide bonds. The maximum atomic E-state index is 11.7. The molecule has 2 aromatic heterocycles. The van der Waals surface area contributed by atoms with E-state index in [2.05, 4.69) is 37.8 Å². The van der Waals surface area contributed by atoms with E-state index in [-0.39, 0.29) is 11.8 Å². The van der Waals surface area contributed by atoms with Crippen LogP contribution in [0.1, 0.15) is 19.4 Å². The van der Waals surface area contributed by atoms with Crippen LogP contribution >= 0.6 is 0 Å². The first kappa shape index (κ1) is 18.1. The van der Waals surface area contributed by atoms with E-state index in [9.17, 15) is 4.79 Å². The SMILES string of the molecule is CNCCN(C)Cc1cn[nH]c1-c1ccc(NC(=O)C(C)C)nc1. The fourth-order valence-corrected chi connectivity index (χ4v) is 2.24. The minimum atomic E-state index is -0.0705. The largest absolute Gasteiger partial charge is 0.318 e. The molecule has 2 aromatic rings. The molecule has 24 heavy (non-hydrogen) atoms. The summed E-state index contributed by atoms with van der Waals surface area (Å²) in [5, 5.41) is 13.1. The third kappa shape index (κ3) is 4.87. The van der Waals surface area contributed by atoms with Crippen LogP contribution in [-0.4, -0.2) is 53.2 Å². The van der Waals surface area contributed by atoms with Crippen LogP contribution in [0.5, 0.6) is 0 Å². The number of aromatic amines is 1. The topological polar surface area (TPSA) is 85.9 Å². The number of anilines is 1. The molecule has 0 bridgehead atoms. The molecule has 0 aliphatic heterocycles. The first-order chi connectivity index (χ1) is 11.5. The summed E-state index contributed by atoms with van der Waals surface area (Å²) in [6, 6.07) is 3.75. The van der Waals surface area contributed by atoms with Crippen molar-refractivity contribution in [1.82, 2.24) is 25.4 Å². The van der Waals surface area contributed by atoms with Crippen LogP contribution in [0.4, 0.5) is 5.82 Å². The number of aromatic nitrogens is 3. The van der Waals surface area contributed by atoms with Gasteiger partial charge in [-0.3, -0.25) is 9.89 Å². The zero-order valence-corrected chi connectivity index (χ0v) is 14.8. The van der Waals surface area contributed by atoms with Gasteiger partial charge in [0.15, 0.2) is 0 Å². The number of carbonyl (C=O) groups is 1. The van der Waals surface area contributed by atoms with Gasteiger partial charge in [-0.2, -0.15) is 5.10 Å². The van der Waals surface area contributed by atoms with E-state index in [1.54, 1.807) is 6.20 Å². The highest BCUT2D eigenvalue weighted by molar-refractivity contribution is 5.91. The maximum absolute atomic E-state index is 11.7. The van der Waals surface area contributed by atoms with Crippen LogP contribution < -0.4 is 10.6 Å². The van der Waals surface area contributed by atoms with E-state index in [4.69, 9.17) is 0 Å². The molecule has 2 rings (SSSR count). The average Bonchev–Trinajstić information content (AvgIpc) is 3.01.